The van der Waals surface area contributed by atoms with Gasteiger partial charge >= 0.3 is 23.1 Å². The second-order valence-corrected chi connectivity index (χ2v) is 1.49. The SMILES string of the molecule is [CH2-]c1ccccc1.[Cl-].[Mg+2]. The molecular formula is C7H7ClMg. The molecule has 0 spiro atoms. The predicted molar refractivity (Wildman–Crippen MR) is 36.7 cm³/mol. The molecule has 0 heterocycles. The van der Waals surface area contributed by atoms with Gasteiger partial charge in [0.2, 0.25) is 0 Å². The van der Waals surface area contributed by atoms with E-state index in [1.807, 2.05) is 30.3 Å². The zero-order chi connectivity index (χ0) is 5.11. The molecule has 0 N–H and O–H groups in total. The predicted octanol–water partition coefficient (Wildman–Crippen LogP) is -1.51. The van der Waals surface area contributed by atoms with E-state index in [1.54, 1.807) is 0 Å². The van der Waals surface area contributed by atoms with Crippen molar-refractivity contribution < 1.29 is 12.4 Å². The third-order valence-electron chi connectivity index (χ3n) is 0.843. The molecule has 0 aromatic heterocycles. The average Bonchev–Trinajstić information content (AvgIpc) is 1.69. The number of hydrogen-bond acceptors (Lipinski definition) is 0. The van der Waals surface area contributed by atoms with Crippen LogP contribution < -0.4 is 12.4 Å². The molecule has 0 saturated carbocycles. The third kappa shape index (κ3) is 4.64. The van der Waals surface area contributed by atoms with Gasteiger partial charge in [-0.3, -0.25) is 0 Å². The quantitative estimate of drug-likeness (QED) is 0.312. The van der Waals surface area contributed by atoms with Gasteiger partial charge in [-0.1, -0.05) is 6.07 Å². The van der Waals surface area contributed by atoms with Crippen LogP contribution in [0.2, 0.25) is 0 Å². The maximum absolute atomic E-state index is 3.72. The minimum Gasteiger partial charge on any atom is -1.00 e. The van der Waals surface area contributed by atoms with Crippen molar-refractivity contribution in [3.8, 4) is 0 Å². The number of hydrogen-bond donors (Lipinski definition) is 0. The van der Waals surface area contributed by atoms with E-state index >= 15 is 0 Å². The molecule has 0 amide bonds. The van der Waals surface area contributed by atoms with Gasteiger partial charge in [0.25, 0.3) is 0 Å². The summed E-state index contributed by atoms with van der Waals surface area (Å²) in [7, 11) is 0. The van der Waals surface area contributed by atoms with Crippen molar-refractivity contribution in [3.63, 3.8) is 0 Å². The fourth-order valence-corrected chi connectivity index (χ4v) is 0.478. The van der Waals surface area contributed by atoms with Gasteiger partial charge < -0.3 is 12.4 Å². The molecule has 2 heteroatoms. The second-order valence-electron chi connectivity index (χ2n) is 1.49. The Kier molecular flexibility index (Phi) is 8.28. The fraction of sp³-hybridized carbons (Fsp3) is 0. The number of benzene rings is 1. The molecule has 1 aromatic carbocycles. The topological polar surface area (TPSA) is 0 Å². The van der Waals surface area contributed by atoms with E-state index in [0.717, 1.165) is 5.56 Å². The van der Waals surface area contributed by atoms with Crippen molar-refractivity contribution in [1.82, 2.24) is 0 Å². The van der Waals surface area contributed by atoms with E-state index in [9.17, 15) is 0 Å². The summed E-state index contributed by atoms with van der Waals surface area (Å²) >= 11 is 0. The summed E-state index contributed by atoms with van der Waals surface area (Å²) in [5, 5.41) is 0. The maximum atomic E-state index is 3.72. The van der Waals surface area contributed by atoms with Gasteiger partial charge in [0.15, 0.2) is 0 Å². The van der Waals surface area contributed by atoms with Crippen molar-refractivity contribution in [3.05, 3.63) is 42.8 Å². The Balaban J connectivity index is 0. The normalized spacial score (nSPS) is 6.67. The summed E-state index contributed by atoms with van der Waals surface area (Å²) in [5.74, 6) is 0. The Morgan fingerprint density at radius 3 is 1.67 bits per heavy atom. The van der Waals surface area contributed by atoms with Gasteiger partial charge in [0.05, 0.1) is 0 Å². The van der Waals surface area contributed by atoms with Gasteiger partial charge in [-0.25, -0.2) is 0 Å². The number of rotatable bonds is 0. The van der Waals surface area contributed by atoms with E-state index in [0.29, 0.717) is 0 Å². The van der Waals surface area contributed by atoms with Crippen LogP contribution in [0.3, 0.4) is 0 Å². The molecular weight excluding hydrogens is 144 g/mol. The van der Waals surface area contributed by atoms with Gasteiger partial charge in [-0.15, -0.1) is 12.1 Å². The monoisotopic (exact) mass is 150 g/mol. The average molecular weight is 151 g/mol. The molecule has 0 aliphatic rings. The molecule has 0 aliphatic heterocycles. The van der Waals surface area contributed by atoms with Crippen LogP contribution in [-0.4, -0.2) is 23.1 Å². The molecule has 0 fully saturated rings. The van der Waals surface area contributed by atoms with Crippen LogP contribution in [0, 0.1) is 6.92 Å². The summed E-state index contributed by atoms with van der Waals surface area (Å²) in [6.45, 7) is 3.72. The Morgan fingerprint density at radius 1 is 1.00 bits per heavy atom. The van der Waals surface area contributed by atoms with E-state index in [4.69, 9.17) is 0 Å². The Hall–Kier alpha value is 0.146. The van der Waals surface area contributed by atoms with Crippen molar-refractivity contribution in [2.75, 3.05) is 0 Å². The first-order valence-corrected chi connectivity index (χ1v) is 2.26. The molecule has 0 radical (unpaired) electrons. The third-order valence-corrected chi connectivity index (χ3v) is 0.843. The zero-order valence-electron chi connectivity index (χ0n) is 5.18. The summed E-state index contributed by atoms with van der Waals surface area (Å²) in [4.78, 5) is 0. The molecule has 0 atom stereocenters. The molecule has 0 nitrogen and oxygen atoms in total. The molecule has 1 rings (SSSR count). The van der Waals surface area contributed by atoms with Crippen LogP contribution in [0.1, 0.15) is 5.56 Å². The van der Waals surface area contributed by atoms with Crippen molar-refractivity contribution >= 4 is 23.1 Å². The molecule has 0 saturated heterocycles. The summed E-state index contributed by atoms with van der Waals surface area (Å²) in [6.07, 6.45) is 0. The summed E-state index contributed by atoms with van der Waals surface area (Å²) in [6, 6.07) is 9.87. The van der Waals surface area contributed by atoms with Crippen LogP contribution >= 0.6 is 0 Å². The van der Waals surface area contributed by atoms with Gasteiger partial charge in [-0.05, 0) is 0 Å². The largest absolute Gasteiger partial charge is 2.00 e. The van der Waals surface area contributed by atoms with E-state index < -0.39 is 0 Å². The first-order valence-electron chi connectivity index (χ1n) is 2.26. The fourth-order valence-electron chi connectivity index (χ4n) is 0.478. The molecule has 0 unspecified atom stereocenters. The van der Waals surface area contributed by atoms with E-state index in [1.165, 1.54) is 0 Å². The first-order chi connectivity index (χ1) is 3.39. The summed E-state index contributed by atoms with van der Waals surface area (Å²) < 4.78 is 0. The molecule has 1 aromatic rings. The number of halogens is 1. The zero-order valence-corrected chi connectivity index (χ0v) is 7.35. The minimum atomic E-state index is 0. The van der Waals surface area contributed by atoms with Crippen LogP contribution in [0.4, 0.5) is 0 Å². The molecule has 9 heavy (non-hydrogen) atoms. The van der Waals surface area contributed by atoms with Crippen molar-refractivity contribution in [1.29, 1.82) is 0 Å². The maximum Gasteiger partial charge on any atom is 2.00 e. The molecule has 0 aliphatic carbocycles. The van der Waals surface area contributed by atoms with Crippen LogP contribution in [-0.2, 0) is 0 Å². The second kappa shape index (κ2) is 6.27. The molecule has 0 bridgehead atoms. The summed E-state index contributed by atoms with van der Waals surface area (Å²) in [5.41, 5.74) is 1.07. The minimum absolute atomic E-state index is 0. The van der Waals surface area contributed by atoms with Crippen LogP contribution in [0.25, 0.3) is 0 Å². The molecule has 44 valence electrons. The van der Waals surface area contributed by atoms with Gasteiger partial charge in [-0.2, -0.15) is 24.6 Å². The van der Waals surface area contributed by atoms with Crippen LogP contribution in [0.15, 0.2) is 30.3 Å². The smallest absolute Gasteiger partial charge is 1.00 e. The van der Waals surface area contributed by atoms with E-state index in [-0.39, 0.29) is 35.5 Å². The van der Waals surface area contributed by atoms with Gasteiger partial charge in [0, 0.05) is 0 Å². The van der Waals surface area contributed by atoms with E-state index in [2.05, 4.69) is 6.92 Å². The van der Waals surface area contributed by atoms with Crippen LogP contribution in [0.5, 0.6) is 0 Å². The standard InChI is InChI=1S/C7H7.ClH.Mg/c1-7-5-3-2-4-6-7;;/h2-6H,1H2;1H;/q-1;;+2/p-1. The van der Waals surface area contributed by atoms with Crippen molar-refractivity contribution in [2.24, 2.45) is 0 Å². The first kappa shape index (κ1) is 11.9. The van der Waals surface area contributed by atoms with Crippen molar-refractivity contribution in [2.45, 2.75) is 0 Å². The Morgan fingerprint density at radius 2 is 1.44 bits per heavy atom. The Bertz CT molecular complexity index is 139. The Labute approximate surface area is 78.2 Å². The van der Waals surface area contributed by atoms with Gasteiger partial charge in [0.1, 0.15) is 0 Å².